The van der Waals surface area contributed by atoms with Crippen molar-refractivity contribution in [1.82, 2.24) is 5.32 Å². The highest BCUT2D eigenvalue weighted by atomic mass is 32.1. The van der Waals surface area contributed by atoms with Gasteiger partial charge < -0.3 is 20.1 Å². The Morgan fingerprint density at radius 2 is 1.83 bits per heavy atom. The molecule has 3 aromatic rings. The molecule has 1 aliphatic rings. The van der Waals surface area contributed by atoms with Crippen molar-refractivity contribution in [3.05, 3.63) is 75.0 Å². The van der Waals surface area contributed by atoms with E-state index in [4.69, 9.17) is 9.47 Å². The Kier molecular flexibility index (Phi) is 5.72. The van der Waals surface area contributed by atoms with Crippen LogP contribution in [0.4, 0.5) is 5.69 Å². The third kappa shape index (κ3) is 4.16. The van der Waals surface area contributed by atoms with Crippen molar-refractivity contribution in [2.24, 2.45) is 0 Å². The van der Waals surface area contributed by atoms with Crippen molar-refractivity contribution in [2.75, 3.05) is 12.1 Å². The van der Waals surface area contributed by atoms with Gasteiger partial charge in [0.1, 0.15) is 0 Å². The molecular formula is C23H22N2O4S. The molecule has 1 aromatic heterocycles. The van der Waals surface area contributed by atoms with E-state index in [0.717, 1.165) is 16.9 Å². The molecule has 0 aliphatic carbocycles. The van der Waals surface area contributed by atoms with Gasteiger partial charge in [-0.05, 0) is 54.8 Å². The summed E-state index contributed by atoms with van der Waals surface area (Å²) in [6, 6.07) is 14.5. The van der Waals surface area contributed by atoms with E-state index in [1.165, 1.54) is 16.9 Å². The van der Waals surface area contributed by atoms with Gasteiger partial charge in [-0.25, -0.2) is 0 Å². The quantitative estimate of drug-likeness (QED) is 0.612. The molecule has 2 aromatic carbocycles. The van der Waals surface area contributed by atoms with Crippen LogP contribution in [0.25, 0.3) is 0 Å². The van der Waals surface area contributed by atoms with Crippen molar-refractivity contribution in [2.45, 2.75) is 26.8 Å². The molecular weight excluding hydrogens is 400 g/mol. The number of fused-ring (bicyclic) bond motifs is 1. The van der Waals surface area contributed by atoms with Crippen LogP contribution in [0.5, 0.6) is 11.5 Å². The highest BCUT2D eigenvalue weighted by molar-refractivity contribution is 7.14. The average molecular weight is 423 g/mol. The number of hydrogen-bond acceptors (Lipinski definition) is 5. The number of hydrogen-bond donors (Lipinski definition) is 2. The molecule has 1 aliphatic heterocycles. The molecule has 0 saturated carbocycles. The number of nitrogens with one attached hydrogen (secondary N) is 2. The predicted octanol–water partition coefficient (Wildman–Crippen LogP) is 4.53. The second-order valence-electron chi connectivity index (χ2n) is 6.92. The summed E-state index contributed by atoms with van der Waals surface area (Å²) in [4.78, 5) is 27.3. The summed E-state index contributed by atoms with van der Waals surface area (Å²) in [5, 5.41) is 5.78. The van der Waals surface area contributed by atoms with Crippen LogP contribution in [0.3, 0.4) is 0 Å². The molecule has 0 fully saturated rings. The van der Waals surface area contributed by atoms with E-state index < -0.39 is 0 Å². The molecule has 0 bridgehead atoms. The Morgan fingerprint density at radius 1 is 1.03 bits per heavy atom. The monoisotopic (exact) mass is 422 g/mol. The van der Waals surface area contributed by atoms with Crippen molar-refractivity contribution >= 4 is 28.8 Å². The van der Waals surface area contributed by atoms with Gasteiger partial charge in [0.15, 0.2) is 11.5 Å². The molecule has 2 N–H and O–H groups in total. The maximum atomic E-state index is 12.8. The minimum atomic E-state index is -0.264. The van der Waals surface area contributed by atoms with E-state index in [2.05, 4.69) is 17.6 Å². The number of carbonyl (C=O) groups excluding carboxylic acids is 2. The van der Waals surface area contributed by atoms with Gasteiger partial charge in [0, 0.05) is 11.4 Å². The third-order valence-electron chi connectivity index (χ3n) is 4.94. The fourth-order valence-corrected chi connectivity index (χ4v) is 4.29. The number of carbonyl (C=O) groups is 2. The zero-order valence-electron chi connectivity index (χ0n) is 16.8. The summed E-state index contributed by atoms with van der Waals surface area (Å²) in [5.41, 5.74) is 2.96. The zero-order chi connectivity index (χ0) is 21.1. The van der Waals surface area contributed by atoms with Crippen molar-refractivity contribution in [3.8, 4) is 11.5 Å². The molecule has 2 heterocycles. The summed E-state index contributed by atoms with van der Waals surface area (Å²) in [6.07, 6.45) is 0.883. The van der Waals surface area contributed by atoms with Gasteiger partial charge in [0.05, 0.1) is 16.1 Å². The lowest BCUT2D eigenvalue weighted by molar-refractivity contribution is 0.0951. The largest absolute Gasteiger partial charge is 0.454 e. The van der Waals surface area contributed by atoms with E-state index >= 15 is 0 Å². The normalized spacial score (nSPS) is 11.9. The molecule has 0 atom stereocenters. The van der Waals surface area contributed by atoms with Gasteiger partial charge >= 0.3 is 0 Å². The van der Waals surface area contributed by atoms with E-state index in [1.54, 1.807) is 24.3 Å². The summed E-state index contributed by atoms with van der Waals surface area (Å²) in [6.45, 7) is 4.62. The van der Waals surface area contributed by atoms with Crippen LogP contribution in [-0.2, 0) is 13.0 Å². The third-order valence-corrected chi connectivity index (χ3v) is 6.03. The van der Waals surface area contributed by atoms with Gasteiger partial charge in [-0.15, -0.1) is 11.3 Å². The Hall–Kier alpha value is -3.32. The zero-order valence-corrected chi connectivity index (χ0v) is 17.6. The van der Waals surface area contributed by atoms with Crippen molar-refractivity contribution in [3.63, 3.8) is 0 Å². The van der Waals surface area contributed by atoms with Crippen LogP contribution in [0.2, 0.25) is 0 Å². The molecule has 4 rings (SSSR count). The maximum Gasteiger partial charge on any atom is 0.265 e. The average Bonchev–Trinajstić information content (AvgIpc) is 3.38. The number of aryl methyl sites for hydroxylation is 2. The number of ether oxygens (including phenoxy) is 2. The topological polar surface area (TPSA) is 76.7 Å². The molecule has 2 amide bonds. The van der Waals surface area contributed by atoms with Gasteiger partial charge in [-0.3, -0.25) is 9.59 Å². The number of thiophene rings is 1. The molecule has 7 heteroatoms. The number of para-hydroxylation sites is 1. The summed E-state index contributed by atoms with van der Waals surface area (Å²) < 4.78 is 10.7. The summed E-state index contributed by atoms with van der Waals surface area (Å²) >= 11 is 1.46. The summed E-state index contributed by atoms with van der Waals surface area (Å²) in [5.74, 6) is 0.902. The second-order valence-corrected chi connectivity index (χ2v) is 8.17. The van der Waals surface area contributed by atoms with Crippen LogP contribution >= 0.6 is 11.3 Å². The molecule has 30 heavy (non-hydrogen) atoms. The molecule has 0 saturated heterocycles. The summed E-state index contributed by atoms with van der Waals surface area (Å²) in [7, 11) is 0. The van der Waals surface area contributed by atoms with Crippen LogP contribution in [-0.4, -0.2) is 18.6 Å². The van der Waals surface area contributed by atoms with Gasteiger partial charge in [-0.2, -0.15) is 0 Å². The first kappa shape index (κ1) is 20.0. The Balaban J connectivity index is 1.45. The van der Waals surface area contributed by atoms with Gasteiger partial charge in [0.25, 0.3) is 11.8 Å². The van der Waals surface area contributed by atoms with E-state index in [-0.39, 0.29) is 18.6 Å². The van der Waals surface area contributed by atoms with E-state index in [9.17, 15) is 9.59 Å². The minimum Gasteiger partial charge on any atom is -0.454 e. The fraction of sp³-hybridized carbons (Fsp3) is 0.217. The molecule has 0 spiro atoms. The Labute approximate surface area is 178 Å². The second kappa shape index (κ2) is 8.59. The van der Waals surface area contributed by atoms with E-state index in [0.29, 0.717) is 34.2 Å². The highest BCUT2D eigenvalue weighted by Crippen LogP contribution is 2.32. The van der Waals surface area contributed by atoms with Crippen LogP contribution < -0.4 is 20.1 Å². The Morgan fingerprint density at radius 3 is 2.63 bits per heavy atom. The number of benzene rings is 2. The van der Waals surface area contributed by atoms with Crippen LogP contribution in [0, 0.1) is 6.92 Å². The predicted molar refractivity (Wildman–Crippen MR) is 117 cm³/mol. The number of anilines is 1. The maximum absolute atomic E-state index is 12.8. The van der Waals surface area contributed by atoms with E-state index in [1.807, 2.05) is 31.2 Å². The molecule has 0 unspecified atom stereocenters. The first-order valence-corrected chi connectivity index (χ1v) is 10.5. The van der Waals surface area contributed by atoms with Gasteiger partial charge in [0.2, 0.25) is 6.79 Å². The highest BCUT2D eigenvalue weighted by Gasteiger charge is 2.17. The fourth-order valence-electron chi connectivity index (χ4n) is 3.29. The lowest BCUT2D eigenvalue weighted by atomic mass is 10.1. The smallest absolute Gasteiger partial charge is 0.265 e. The van der Waals surface area contributed by atoms with Crippen LogP contribution in [0.1, 0.15) is 43.0 Å². The van der Waals surface area contributed by atoms with Crippen molar-refractivity contribution < 1.29 is 19.1 Å². The Bertz CT molecular complexity index is 1110. The SMILES string of the molecule is CCc1cc(C(=O)Nc2ccccc2C(=O)NCc2ccc3c(c2)OCO3)sc1C. The minimum absolute atomic E-state index is 0.209. The lowest BCUT2D eigenvalue weighted by Crippen LogP contribution is -2.24. The standard InChI is InChI=1S/C23H22N2O4S/c1-3-16-11-21(30-14(16)2)23(27)25-18-7-5-4-6-17(18)22(26)24-12-15-8-9-19-20(10-15)29-13-28-19/h4-11H,3,12-13H2,1-2H3,(H,24,26)(H,25,27). The van der Waals surface area contributed by atoms with Crippen LogP contribution in [0.15, 0.2) is 48.5 Å². The first-order valence-electron chi connectivity index (χ1n) is 9.71. The molecule has 154 valence electrons. The van der Waals surface area contributed by atoms with Gasteiger partial charge in [-0.1, -0.05) is 25.1 Å². The lowest BCUT2D eigenvalue weighted by Gasteiger charge is -2.11. The van der Waals surface area contributed by atoms with Crippen molar-refractivity contribution in [1.29, 1.82) is 0 Å². The number of amides is 2. The first-order chi connectivity index (χ1) is 14.5. The number of rotatable bonds is 6. The molecule has 0 radical (unpaired) electrons. The molecule has 6 nitrogen and oxygen atoms in total.